The molecule has 0 amide bonds. The maximum Gasteiger partial charge on any atom is 0.216 e. The molecule has 8 saturated carbocycles. The Labute approximate surface area is 940 Å². The number of furan rings is 3. The first-order chi connectivity index (χ1) is 78.7. The number of aromatic nitrogens is 9. The minimum Gasteiger partial charge on any atom is -0.486 e. The van der Waals surface area contributed by atoms with E-state index in [0.717, 1.165) is 141 Å². The van der Waals surface area contributed by atoms with Crippen molar-refractivity contribution in [2.24, 2.45) is 55.7 Å². The molecular formula is C131H137Ir3N9O3-6. The normalized spacial score (nSPS) is 23.2. The van der Waals surface area contributed by atoms with E-state index in [1.54, 1.807) is 54.9 Å². The molecule has 0 atom stereocenters. The quantitative estimate of drug-likeness (QED) is 0.120. The van der Waals surface area contributed by atoms with E-state index in [9.17, 15) is 5.48 Å². The first-order valence-electron chi connectivity index (χ1n) is 62.7. The fourth-order valence-electron chi connectivity index (χ4n) is 26.5. The Morgan fingerprint density at radius 3 is 1.12 bits per heavy atom. The molecule has 4 bridgehead atoms. The predicted molar refractivity (Wildman–Crippen MR) is 583 cm³/mol. The second kappa shape index (κ2) is 44.0. The molecule has 3 radical (unpaired) electrons. The van der Waals surface area contributed by atoms with Gasteiger partial charge in [0.2, 0.25) is 17.1 Å². The molecule has 2 spiro atoms. The van der Waals surface area contributed by atoms with Crippen molar-refractivity contribution in [3.05, 3.63) is 341 Å². The van der Waals surface area contributed by atoms with Gasteiger partial charge in [-0.2, -0.15) is 0 Å². The van der Waals surface area contributed by atoms with E-state index in [1.807, 2.05) is 98.9 Å². The molecule has 6 aromatic carbocycles. The third kappa shape index (κ3) is 23.8. The van der Waals surface area contributed by atoms with Crippen LogP contribution in [0.1, 0.15) is 297 Å². The van der Waals surface area contributed by atoms with E-state index in [4.69, 9.17) is 47.0 Å². The van der Waals surface area contributed by atoms with Gasteiger partial charge < -0.3 is 43.2 Å². The van der Waals surface area contributed by atoms with Crippen molar-refractivity contribution in [3.63, 3.8) is 0 Å². The Hall–Kier alpha value is -11.0. The molecule has 12 heterocycles. The van der Waals surface area contributed by atoms with Crippen molar-refractivity contribution in [1.82, 2.24) is 44.9 Å². The maximum absolute atomic E-state index is 10.1. The van der Waals surface area contributed by atoms with E-state index in [2.05, 4.69) is 150 Å². The minimum absolute atomic E-state index is 0. The summed E-state index contributed by atoms with van der Waals surface area (Å²) >= 11 is 0. The van der Waals surface area contributed by atoms with Gasteiger partial charge in [-0.1, -0.05) is 194 Å². The Balaban J connectivity index is 0.000000139. The van der Waals surface area contributed by atoms with Crippen LogP contribution in [-0.4, -0.2) is 44.9 Å². The first-order valence-corrected chi connectivity index (χ1v) is 50.2. The number of fused-ring (bicyclic) bond motifs is 9. The van der Waals surface area contributed by atoms with Crippen molar-refractivity contribution in [1.29, 1.82) is 0 Å². The summed E-state index contributed by atoms with van der Waals surface area (Å²) in [6.07, 6.45) is 31.5. The standard InChI is InChI=1S/2C32H37N2O.C28H27N2O.3C13H12N.3Ir/c1-21-9-10-25-24-7-6-8-26(28(24)35-29(25)34-21)27-17-23(13-16-33-27)22-11-14-32(15-12-22)19-30(2,3)18-31(4,5)20-32;1-21-12-13-24-23-10-9-11-25(27(23)35-29(24)34-21)26-18-22(14-17-33-26)28-30(2,3)19-32(20-31(28,4)5)15-7-6-8-16-32;1-17-5-6-23-22-3-2-4-24(26(22)31-27(23)30-17)25-12-18(7-8-29-25)13-28-14-19-9-20(15-28)11-21(10-19)16-28;3*1-10-3-6-12(7-4-10)13-8-5-11(2)9-14-13;;;/h6-7,9-10,13,16-17,22H,11-12,14-15,18-20H2,1-5H3;9-10,12-14,17-18,28H,6-8,15-16,19-20H2,1-5H3;2-3,5-8,12,19-21H,9-11,13-16H2,1H3;3*3-6,8-9H,1-2H3;;;/q6*-1;;;/i1D3,22D;28D;13D2;3*1D3,2D3;;;. The van der Waals surface area contributed by atoms with Crippen LogP contribution in [0, 0.1) is 154 Å². The summed E-state index contributed by atoms with van der Waals surface area (Å²) in [7, 11) is 0. The zero-order valence-corrected chi connectivity index (χ0v) is 91.3. The number of aryl methyl sites for hydroxylation is 9. The van der Waals surface area contributed by atoms with Crippen LogP contribution in [0.15, 0.2) is 251 Å². The van der Waals surface area contributed by atoms with Gasteiger partial charge in [-0.05, 0) is 335 Å². The molecule has 8 aliphatic rings. The monoisotopic (exact) mass is 2490 g/mol. The van der Waals surface area contributed by atoms with Crippen LogP contribution in [0.25, 0.3) is 134 Å². The average Bonchev–Trinajstić information content (AvgIpc) is 1.25. The number of hydrogen-bond acceptors (Lipinski definition) is 12. The largest absolute Gasteiger partial charge is 0.486 e. The predicted octanol–water partition coefficient (Wildman–Crippen LogP) is 34.5. The van der Waals surface area contributed by atoms with E-state index in [0.29, 0.717) is 118 Å². The van der Waals surface area contributed by atoms with Gasteiger partial charge in [-0.25, -0.2) is 15.0 Å². The number of rotatable bonds is 10. The molecular weight excluding hydrogens is 2320 g/mol. The summed E-state index contributed by atoms with van der Waals surface area (Å²) < 4.78 is 211. The van der Waals surface area contributed by atoms with Gasteiger partial charge in [0.15, 0.2) is 0 Å². The molecule has 8 aliphatic carbocycles. The average molecular weight is 2490 g/mol. The van der Waals surface area contributed by atoms with E-state index >= 15 is 0 Å². The molecule has 8 fully saturated rings. The van der Waals surface area contributed by atoms with E-state index in [-0.39, 0.29) is 116 Å². The molecule has 0 N–H and O–H groups in total. The van der Waals surface area contributed by atoms with Crippen molar-refractivity contribution in [2.75, 3.05) is 0 Å². The van der Waals surface area contributed by atoms with Crippen molar-refractivity contribution >= 4 is 66.2 Å². The SMILES string of the molecule is [2H]C([2H])([2H])c1c[c-]c(-c2ccc(C([2H])([2H])[2H])cn2)cc1.[2H]C([2H])([2H])c1c[c-]c(-c2ccc(C([2H])([2H])[2H])cn2)cc1.[2H]C([2H])([2H])c1c[c-]c(-c2ccc(C([2H])([2H])[2H])cn2)cc1.[2H]C([2H])([2H])c1ccc2c(n1)oc1c(-c3cc(C4([2H])CCC5(CC4)CC(C)(C)CC(C)(C)C5)ccn3)[c-]ccc12.[2H]C([2H])(c1ccnc(-c2[c-]ccc3c2oc2nc(C)ccc23)c1)C12CC3CC(CC(C3)C1)C2.[2H]C1(c2ccnc(-c3[c-]ccc4c3oc3nc(C)ccc34)c2)C(C)(C)CC2(CCCCC2)CC1(C)C.[Ir].[Ir].[Ir]. The zero-order chi connectivity index (χ0) is 120. The van der Waals surface area contributed by atoms with Gasteiger partial charge in [-0.15, -0.1) is 161 Å². The Kier molecular flexibility index (Phi) is 23.6. The zero-order valence-electron chi connectivity index (χ0n) is 109. The van der Waals surface area contributed by atoms with Crippen LogP contribution in [0.4, 0.5) is 0 Å². The topological polar surface area (TPSA) is 155 Å². The van der Waals surface area contributed by atoms with Crippen LogP contribution in [0.5, 0.6) is 0 Å². The molecule has 26 rings (SSSR count). The molecule has 15 heteroatoms. The van der Waals surface area contributed by atoms with Gasteiger partial charge >= 0.3 is 0 Å². The van der Waals surface area contributed by atoms with Gasteiger partial charge in [0.05, 0.1) is 16.7 Å². The van der Waals surface area contributed by atoms with Crippen LogP contribution in [-0.2, 0) is 66.7 Å². The van der Waals surface area contributed by atoms with E-state index < -0.39 is 66.1 Å². The summed E-state index contributed by atoms with van der Waals surface area (Å²) in [5.41, 5.74) is 18.2. The fraction of sp³-hybridized carbons (Fsp3) is 0.382. The van der Waals surface area contributed by atoms with Gasteiger partial charge in [0.1, 0.15) is 0 Å². The van der Waals surface area contributed by atoms with Crippen LogP contribution in [0.2, 0.25) is 0 Å². The van der Waals surface area contributed by atoms with Crippen molar-refractivity contribution in [3.8, 4) is 67.5 Å². The second-order valence-corrected chi connectivity index (χ2v) is 44.2. The molecule has 146 heavy (non-hydrogen) atoms. The smallest absolute Gasteiger partial charge is 0.216 e. The number of nitrogens with zero attached hydrogens (tertiary/aromatic N) is 9. The van der Waals surface area contributed by atoms with Gasteiger partial charge in [-0.3, -0.25) is 0 Å². The summed E-state index contributed by atoms with van der Waals surface area (Å²) in [5, 5.41) is 5.60. The molecule has 757 valence electrons. The van der Waals surface area contributed by atoms with Gasteiger partial charge in [0.25, 0.3) is 0 Å². The summed E-state index contributed by atoms with van der Waals surface area (Å²) in [6.45, 7) is 7.61. The van der Waals surface area contributed by atoms with Crippen molar-refractivity contribution in [2.45, 2.75) is 264 Å². The molecule has 0 unspecified atom stereocenters. The summed E-state index contributed by atoms with van der Waals surface area (Å²) in [6, 6.07) is 76.4. The number of pyridine rings is 9. The van der Waals surface area contributed by atoms with Crippen LogP contribution < -0.4 is 0 Å². The Morgan fingerprint density at radius 1 is 0.356 bits per heavy atom. The van der Waals surface area contributed by atoms with Crippen molar-refractivity contribution < 1.29 is 108 Å². The van der Waals surface area contributed by atoms with Crippen LogP contribution in [0.3, 0.4) is 0 Å². The molecule has 12 aromatic heterocycles. The Bertz CT molecular complexity index is 8210. The molecule has 12 nitrogen and oxygen atoms in total. The van der Waals surface area contributed by atoms with Gasteiger partial charge in [0, 0.05) is 165 Å². The fourth-order valence-corrected chi connectivity index (χ4v) is 26.5. The molecule has 0 aliphatic heterocycles. The third-order valence-electron chi connectivity index (χ3n) is 30.4. The molecule has 0 saturated heterocycles. The Morgan fingerprint density at radius 2 is 0.733 bits per heavy atom. The summed E-state index contributed by atoms with van der Waals surface area (Å²) in [4.78, 5) is 39.7. The van der Waals surface area contributed by atoms with Crippen LogP contribution >= 0.6 is 0 Å². The first kappa shape index (κ1) is 78.3. The summed E-state index contributed by atoms with van der Waals surface area (Å²) in [5.74, 6) is 0.747. The van der Waals surface area contributed by atoms with E-state index in [1.165, 1.54) is 150 Å². The molecule has 18 aromatic rings. The second-order valence-electron chi connectivity index (χ2n) is 44.2. The third-order valence-corrected chi connectivity index (χ3v) is 30.4. The maximum atomic E-state index is 10.1. The number of benzene rings is 6. The number of hydrogen-bond donors (Lipinski definition) is 0. The minimum atomic E-state index is -2.30.